The van der Waals surface area contributed by atoms with E-state index < -0.39 is 0 Å². The highest BCUT2D eigenvalue weighted by Crippen LogP contribution is 2.27. The van der Waals surface area contributed by atoms with Crippen LogP contribution in [0.2, 0.25) is 0 Å². The Morgan fingerprint density at radius 1 is 1.11 bits per heavy atom. The fraction of sp³-hybridized carbons (Fsp3) is 0.857. The predicted molar refractivity (Wildman–Crippen MR) is 77.9 cm³/mol. The Labute approximate surface area is 116 Å². The first-order chi connectivity index (χ1) is 8.61. The number of alkyl halides is 1. The molecule has 2 rings (SSSR count). The molecule has 1 N–H and O–H groups in total. The summed E-state index contributed by atoms with van der Waals surface area (Å²) in [7, 11) is 0. The van der Waals surface area contributed by atoms with Crippen LogP contribution in [0.25, 0.3) is 0 Å². The van der Waals surface area contributed by atoms with Gasteiger partial charge in [-0.05, 0) is 52.3 Å². The highest BCUT2D eigenvalue weighted by molar-refractivity contribution is 6.22. The molecule has 2 unspecified atom stereocenters. The normalized spacial score (nSPS) is 25.3. The number of nitrogens with one attached hydrogen (secondary N) is 1. The highest BCUT2D eigenvalue weighted by atomic mass is 35.5. The van der Waals surface area contributed by atoms with Crippen molar-refractivity contribution in [3.05, 3.63) is 11.1 Å². The number of allylic oxidation sites excluding steroid dienone is 1. The standard InChI is InChI=1S/C14H26ClN3/c1-11(2)13(12(3)17-7-4-5-8-17)14(15)18-9-6-16-10-18/h12,14,16H,4-10H2,1-3H3. The van der Waals surface area contributed by atoms with Gasteiger partial charge >= 0.3 is 0 Å². The van der Waals surface area contributed by atoms with Crippen LogP contribution >= 0.6 is 11.6 Å². The zero-order valence-corrected chi connectivity index (χ0v) is 12.6. The second kappa shape index (κ2) is 6.38. The molecule has 18 heavy (non-hydrogen) atoms. The number of hydrogen-bond donors (Lipinski definition) is 1. The van der Waals surface area contributed by atoms with Crippen LogP contribution in [-0.4, -0.2) is 54.2 Å². The van der Waals surface area contributed by atoms with Gasteiger partial charge < -0.3 is 5.32 Å². The quantitative estimate of drug-likeness (QED) is 0.481. The Hall–Kier alpha value is -0.0900. The third-order valence-electron chi connectivity index (χ3n) is 4.18. The molecule has 2 fully saturated rings. The minimum Gasteiger partial charge on any atom is -0.303 e. The van der Waals surface area contributed by atoms with Gasteiger partial charge in [0, 0.05) is 25.8 Å². The lowest BCUT2D eigenvalue weighted by Crippen LogP contribution is -2.41. The Morgan fingerprint density at radius 3 is 2.28 bits per heavy atom. The molecule has 3 nitrogen and oxygen atoms in total. The topological polar surface area (TPSA) is 18.5 Å². The summed E-state index contributed by atoms with van der Waals surface area (Å²) < 4.78 is 0. The van der Waals surface area contributed by atoms with Crippen LogP contribution in [0.1, 0.15) is 33.6 Å². The van der Waals surface area contributed by atoms with Crippen molar-refractivity contribution in [1.82, 2.24) is 15.1 Å². The van der Waals surface area contributed by atoms with E-state index in [0.717, 1.165) is 19.8 Å². The van der Waals surface area contributed by atoms with Gasteiger partial charge in [0.25, 0.3) is 0 Å². The van der Waals surface area contributed by atoms with Crippen LogP contribution in [0.4, 0.5) is 0 Å². The summed E-state index contributed by atoms with van der Waals surface area (Å²) in [5.74, 6) is 0. The summed E-state index contributed by atoms with van der Waals surface area (Å²) in [6.07, 6.45) is 2.66. The van der Waals surface area contributed by atoms with Gasteiger partial charge in [-0.15, -0.1) is 11.6 Å². The number of rotatable bonds is 4. The second-order valence-corrected chi connectivity index (χ2v) is 6.09. The average molecular weight is 272 g/mol. The lowest BCUT2D eigenvalue weighted by Gasteiger charge is -2.33. The first kappa shape index (κ1) is 14.3. The van der Waals surface area contributed by atoms with Gasteiger partial charge in [-0.3, -0.25) is 9.80 Å². The predicted octanol–water partition coefficient (Wildman–Crippen LogP) is 2.23. The number of halogens is 1. The summed E-state index contributed by atoms with van der Waals surface area (Å²) in [6.45, 7) is 12.2. The maximum absolute atomic E-state index is 6.72. The fourth-order valence-corrected chi connectivity index (χ4v) is 3.66. The van der Waals surface area contributed by atoms with E-state index in [0.29, 0.717) is 6.04 Å². The monoisotopic (exact) mass is 271 g/mol. The van der Waals surface area contributed by atoms with Gasteiger partial charge in [0.15, 0.2) is 0 Å². The summed E-state index contributed by atoms with van der Waals surface area (Å²) in [5.41, 5.74) is 2.82. The molecule has 104 valence electrons. The average Bonchev–Trinajstić information content (AvgIpc) is 3.02. The van der Waals surface area contributed by atoms with E-state index in [1.165, 1.54) is 37.1 Å². The van der Waals surface area contributed by atoms with Crippen molar-refractivity contribution in [3.63, 3.8) is 0 Å². The molecule has 2 aliphatic rings. The van der Waals surface area contributed by atoms with Crippen molar-refractivity contribution in [2.45, 2.75) is 45.2 Å². The molecule has 0 bridgehead atoms. The third-order valence-corrected chi connectivity index (χ3v) is 4.69. The zero-order valence-electron chi connectivity index (χ0n) is 11.9. The minimum atomic E-state index is 0.0422. The largest absolute Gasteiger partial charge is 0.303 e. The first-order valence-corrected chi connectivity index (χ1v) is 7.55. The van der Waals surface area contributed by atoms with Crippen molar-refractivity contribution in [3.8, 4) is 0 Å². The number of likely N-dealkylation sites (tertiary alicyclic amines) is 1. The fourth-order valence-electron chi connectivity index (χ4n) is 3.10. The van der Waals surface area contributed by atoms with Gasteiger partial charge in [0.05, 0.1) is 0 Å². The molecule has 2 atom stereocenters. The molecule has 0 saturated carbocycles. The van der Waals surface area contributed by atoms with E-state index in [-0.39, 0.29) is 5.50 Å². The Kier molecular flexibility index (Phi) is 5.07. The molecule has 4 heteroatoms. The summed E-state index contributed by atoms with van der Waals surface area (Å²) in [6, 6.07) is 0.473. The molecule has 0 amide bonds. The van der Waals surface area contributed by atoms with Crippen LogP contribution in [0.5, 0.6) is 0 Å². The van der Waals surface area contributed by atoms with Gasteiger partial charge in [-0.1, -0.05) is 5.57 Å². The first-order valence-electron chi connectivity index (χ1n) is 7.11. The molecular weight excluding hydrogens is 246 g/mol. The zero-order chi connectivity index (χ0) is 13.1. The van der Waals surface area contributed by atoms with Crippen LogP contribution in [0.3, 0.4) is 0 Å². The number of hydrogen-bond acceptors (Lipinski definition) is 3. The van der Waals surface area contributed by atoms with Gasteiger partial charge in [-0.2, -0.15) is 0 Å². The van der Waals surface area contributed by atoms with Gasteiger partial charge in [0.1, 0.15) is 5.50 Å². The maximum Gasteiger partial charge on any atom is 0.109 e. The van der Waals surface area contributed by atoms with E-state index >= 15 is 0 Å². The molecule has 0 aliphatic carbocycles. The van der Waals surface area contributed by atoms with E-state index in [1.807, 2.05) is 0 Å². The molecule has 0 aromatic rings. The molecule has 2 saturated heterocycles. The van der Waals surface area contributed by atoms with E-state index in [9.17, 15) is 0 Å². The van der Waals surface area contributed by atoms with Crippen molar-refractivity contribution >= 4 is 11.6 Å². The molecule has 2 heterocycles. The Balaban J connectivity index is 2.09. The van der Waals surface area contributed by atoms with Crippen LogP contribution in [0, 0.1) is 0 Å². The third kappa shape index (κ3) is 3.08. The van der Waals surface area contributed by atoms with E-state index in [2.05, 4.69) is 35.9 Å². The molecular formula is C14H26ClN3. The summed E-state index contributed by atoms with van der Waals surface area (Å²) >= 11 is 6.72. The van der Waals surface area contributed by atoms with Gasteiger partial charge in [0.2, 0.25) is 0 Å². The van der Waals surface area contributed by atoms with Crippen LogP contribution < -0.4 is 5.32 Å². The Bertz CT molecular complexity index is 276. The number of nitrogens with zero attached hydrogens (tertiary/aromatic N) is 2. The summed E-state index contributed by atoms with van der Waals surface area (Å²) in [5, 5.41) is 3.36. The molecule has 0 radical (unpaired) electrons. The van der Waals surface area contributed by atoms with Crippen molar-refractivity contribution in [2.75, 3.05) is 32.8 Å². The minimum absolute atomic E-state index is 0.0422. The lowest BCUT2D eigenvalue weighted by atomic mass is 10.0. The van der Waals surface area contributed by atoms with Crippen molar-refractivity contribution in [2.24, 2.45) is 0 Å². The summed E-state index contributed by atoms with van der Waals surface area (Å²) in [4.78, 5) is 4.90. The highest BCUT2D eigenvalue weighted by Gasteiger charge is 2.30. The van der Waals surface area contributed by atoms with Gasteiger partial charge in [-0.25, -0.2) is 0 Å². The molecule has 0 aromatic carbocycles. The smallest absolute Gasteiger partial charge is 0.109 e. The van der Waals surface area contributed by atoms with Crippen LogP contribution in [-0.2, 0) is 0 Å². The molecule has 0 spiro atoms. The maximum atomic E-state index is 6.72. The molecule has 0 aromatic heterocycles. The van der Waals surface area contributed by atoms with E-state index in [4.69, 9.17) is 11.6 Å². The SMILES string of the molecule is CC(C)=C(C(C)N1CCCC1)C(Cl)N1CCNC1. The lowest BCUT2D eigenvalue weighted by molar-refractivity contribution is 0.253. The van der Waals surface area contributed by atoms with Crippen molar-refractivity contribution < 1.29 is 0 Å². The van der Waals surface area contributed by atoms with Crippen molar-refractivity contribution in [1.29, 1.82) is 0 Å². The van der Waals surface area contributed by atoms with Crippen LogP contribution in [0.15, 0.2) is 11.1 Å². The Morgan fingerprint density at radius 2 is 1.78 bits per heavy atom. The second-order valence-electron chi connectivity index (χ2n) is 5.68. The van der Waals surface area contributed by atoms with E-state index in [1.54, 1.807) is 0 Å². The molecule has 2 aliphatic heterocycles.